The number of carbonyl (C=O) groups excluding carboxylic acids is 2. The summed E-state index contributed by atoms with van der Waals surface area (Å²) in [6.07, 6.45) is 4.01. The van der Waals surface area contributed by atoms with Gasteiger partial charge in [0.25, 0.3) is 0 Å². The topological polar surface area (TPSA) is 74.3 Å². The number of hydrogen-bond donors (Lipinski definition) is 2. The molecule has 6 nitrogen and oxygen atoms in total. The lowest BCUT2D eigenvalue weighted by atomic mass is 9.88. The molecule has 2 atom stereocenters. The van der Waals surface area contributed by atoms with Crippen LogP contribution < -0.4 is 10.6 Å². The zero-order valence-electron chi connectivity index (χ0n) is 20.6. The fourth-order valence-electron chi connectivity index (χ4n) is 3.06. The van der Waals surface area contributed by atoms with Gasteiger partial charge in [0, 0.05) is 25.2 Å². The second-order valence-electron chi connectivity index (χ2n) is 9.17. The van der Waals surface area contributed by atoms with E-state index in [1.807, 2.05) is 36.5 Å². The summed E-state index contributed by atoms with van der Waals surface area (Å²) < 4.78 is 0. The zero-order chi connectivity index (χ0) is 24.1. The maximum atomic E-state index is 10.2. The van der Waals surface area contributed by atoms with E-state index < -0.39 is 0 Å². The molecule has 0 aliphatic carbocycles. The van der Waals surface area contributed by atoms with E-state index >= 15 is 0 Å². The maximum absolute atomic E-state index is 10.2. The molecule has 1 saturated heterocycles. The number of likely N-dealkylation sites (tertiary alicyclic amines) is 1. The van der Waals surface area contributed by atoms with Crippen LogP contribution in [-0.2, 0) is 16.1 Å². The largest absolute Gasteiger partial charge is 0.355 e. The summed E-state index contributed by atoms with van der Waals surface area (Å²) in [6.45, 7) is 14.5. The van der Waals surface area contributed by atoms with Crippen LogP contribution in [0.2, 0.25) is 0 Å². The Morgan fingerprint density at radius 3 is 2.25 bits per heavy atom. The molecule has 2 aromatic rings. The lowest BCUT2D eigenvalue weighted by Crippen LogP contribution is -2.34. The minimum atomic E-state index is 0.398. The number of rotatable bonds is 6. The van der Waals surface area contributed by atoms with Crippen molar-refractivity contribution in [3.63, 3.8) is 0 Å². The predicted octanol–water partition coefficient (Wildman–Crippen LogP) is 4.63. The SMILES string of the molecule is CC1CCCN1C=O.CNC(C)C(C)(C)C.Cc1ncsc1-c1ccc(CNC=O)cc1. The van der Waals surface area contributed by atoms with Crippen LogP contribution >= 0.6 is 11.3 Å². The normalized spacial score (nSPS) is 16.2. The van der Waals surface area contributed by atoms with E-state index in [0.29, 0.717) is 30.5 Å². The highest BCUT2D eigenvalue weighted by Crippen LogP contribution is 2.27. The highest BCUT2D eigenvalue weighted by molar-refractivity contribution is 7.13. The molecule has 32 heavy (non-hydrogen) atoms. The summed E-state index contributed by atoms with van der Waals surface area (Å²) in [6, 6.07) is 9.25. The molecule has 3 rings (SSSR count). The van der Waals surface area contributed by atoms with E-state index in [1.165, 1.54) is 23.3 Å². The van der Waals surface area contributed by atoms with Crippen LogP contribution in [0.1, 0.15) is 58.7 Å². The highest BCUT2D eigenvalue weighted by atomic mass is 32.1. The summed E-state index contributed by atoms with van der Waals surface area (Å²) in [5, 5.41) is 5.84. The molecule has 1 aromatic carbocycles. The highest BCUT2D eigenvalue weighted by Gasteiger charge is 2.17. The van der Waals surface area contributed by atoms with Gasteiger partial charge in [-0.15, -0.1) is 11.3 Å². The van der Waals surface area contributed by atoms with Crippen molar-refractivity contribution >= 4 is 24.2 Å². The summed E-state index contributed by atoms with van der Waals surface area (Å²) >= 11 is 1.64. The van der Waals surface area contributed by atoms with Crippen molar-refractivity contribution in [3.05, 3.63) is 41.0 Å². The van der Waals surface area contributed by atoms with Crippen LogP contribution in [0.4, 0.5) is 0 Å². The lowest BCUT2D eigenvalue weighted by molar-refractivity contribution is -0.118. The molecule has 1 fully saturated rings. The van der Waals surface area contributed by atoms with Crippen molar-refractivity contribution in [1.82, 2.24) is 20.5 Å². The molecule has 0 radical (unpaired) electrons. The third kappa shape index (κ3) is 9.49. The first-order valence-electron chi connectivity index (χ1n) is 11.2. The third-order valence-electron chi connectivity index (χ3n) is 5.82. The third-order valence-corrected chi connectivity index (χ3v) is 6.80. The number of aryl methyl sites for hydroxylation is 1. The molecule has 7 heteroatoms. The molecule has 0 bridgehead atoms. The minimum Gasteiger partial charge on any atom is -0.355 e. The first-order valence-corrected chi connectivity index (χ1v) is 12.1. The van der Waals surface area contributed by atoms with Gasteiger partial charge < -0.3 is 15.5 Å². The number of benzene rings is 1. The van der Waals surface area contributed by atoms with E-state index in [4.69, 9.17) is 0 Å². The summed E-state index contributed by atoms with van der Waals surface area (Å²) in [5.74, 6) is 0. The molecule has 1 aliphatic rings. The van der Waals surface area contributed by atoms with E-state index in [9.17, 15) is 9.59 Å². The molecular weight excluding hydrogens is 420 g/mol. The summed E-state index contributed by atoms with van der Waals surface area (Å²) in [5.41, 5.74) is 5.58. The van der Waals surface area contributed by atoms with Gasteiger partial charge in [-0.3, -0.25) is 9.59 Å². The van der Waals surface area contributed by atoms with Crippen molar-refractivity contribution in [1.29, 1.82) is 0 Å². The average Bonchev–Trinajstić information content (AvgIpc) is 3.39. The fourth-order valence-corrected chi connectivity index (χ4v) is 3.87. The van der Waals surface area contributed by atoms with Gasteiger partial charge in [-0.2, -0.15) is 0 Å². The van der Waals surface area contributed by atoms with Gasteiger partial charge in [0.2, 0.25) is 12.8 Å². The Morgan fingerprint density at radius 2 is 1.91 bits per heavy atom. The van der Waals surface area contributed by atoms with Crippen molar-refractivity contribution in [3.8, 4) is 10.4 Å². The van der Waals surface area contributed by atoms with Gasteiger partial charge in [0.15, 0.2) is 0 Å². The predicted molar refractivity (Wildman–Crippen MR) is 135 cm³/mol. The Hall–Kier alpha value is -2.25. The smallest absolute Gasteiger partial charge is 0.209 e. The van der Waals surface area contributed by atoms with Crippen molar-refractivity contribution in [2.24, 2.45) is 5.41 Å². The second-order valence-corrected chi connectivity index (χ2v) is 10.0. The Bertz CT molecular complexity index is 799. The molecular formula is C25H40N4O2S. The Kier molecular flexibility index (Phi) is 12.2. The average molecular weight is 461 g/mol. The lowest BCUT2D eigenvalue weighted by Gasteiger charge is -2.26. The summed E-state index contributed by atoms with van der Waals surface area (Å²) in [4.78, 5) is 27.6. The first kappa shape index (κ1) is 27.8. The molecule has 0 spiro atoms. The Labute approximate surface area is 197 Å². The standard InChI is InChI=1S/C12H12N2OS.C7H17N.C6H11NO/c1-9-12(16-8-14-9)11-4-2-10(3-5-11)6-13-7-15;1-6(8-5)7(2,3)4;1-6-3-2-4-7(6)5-8/h2-5,7-8H,6H2,1H3,(H,13,15);6,8H,1-5H3;5-6H,2-4H2,1H3. The van der Waals surface area contributed by atoms with Gasteiger partial charge >= 0.3 is 0 Å². The number of thiazole rings is 1. The molecule has 2 amide bonds. The van der Waals surface area contributed by atoms with Crippen LogP contribution in [-0.4, -0.2) is 48.4 Å². The molecule has 0 saturated carbocycles. The molecule has 178 valence electrons. The number of amides is 2. The Balaban J connectivity index is 0.000000270. The van der Waals surface area contributed by atoms with E-state index in [2.05, 4.69) is 62.4 Å². The fraction of sp³-hybridized carbons (Fsp3) is 0.560. The minimum absolute atomic E-state index is 0.398. The molecule has 2 heterocycles. The van der Waals surface area contributed by atoms with Crippen molar-refractivity contribution < 1.29 is 9.59 Å². The van der Waals surface area contributed by atoms with E-state index in [1.54, 1.807) is 11.3 Å². The number of nitrogens with zero attached hydrogens (tertiary/aromatic N) is 2. The van der Waals surface area contributed by atoms with Crippen LogP contribution in [0.15, 0.2) is 29.8 Å². The van der Waals surface area contributed by atoms with Crippen molar-refractivity contribution in [2.45, 2.75) is 73.0 Å². The van der Waals surface area contributed by atoms with Crippen LogP contribution in [0.25, 0.3) is 10.4 Å². The van der Waals surface area contributed by atoms with Crippen LogP contribution in [0, 0.1) is 12.3 Å². The molecule has 1 aliphatic heterocycles. The maximum Gasteiger partial charge on any atom is 0.209 e. The van der Waals surface area contributed by atoms with E-state index in [-0.39, 0.29) is 0 Å². The summed E-state index contributed by atoms with van der Waals surface area (Å²) in [7, 11) is 2.00. The van der Waals surface area contributed by atoms with Crippen molar-refractivity contribution in [2.75, 3.05) is 13.6 Å². The van der Waals surface area contributed by atoms with E-state index in [0.717, 1.165) is 24.2 Å². The second kappa shape index (κ2) is 14.0. The quantitative estimate of drug-likeness (QED) is 0.616. The van der Waals surface area contributed by atoms with Gasteiger partial charge in [-0.05, 0) is 57.2 Å². The van der Waals surface area contributed by atoms with Crippen LogP contribution in [0.3, 0.4) is 0 Å². The number of hydrogen-bond acceptors (Lipinski definition) is 5. The van der Waals surface area contributed by atoms with Gasteiger partial charge in [-0.1, -0.05) is 45.0 Å². The van der Waals surface area contributed by atoms with Gasteiger partial charge in [0.05, 0.1) is 16.1 Å². The monoisotopic (exact) mass is 460 g/mol. The van der Waals surface area contributed by atoms with Gasteiger partial charge in [0.1, 0.15) is 0 Å². The number of nitrogens with one attached hydrogen (secondary N) is 2. The molecule has 2 unspecified atom stereocenters. The number of carbonyl (C=O) groups is 2. The van der Waals surface area contributed by atoms with Gasteiger partial charge in [-0.25, -0.2) is 4.98 Å². The molecule has 2 N–H and O–H groups in total. The number of aromatic nitrogens is 1. The first-order chi connectivity index (χ1) is 15.1. The Morgan fingerprint density at radius 1 is 1.25 bits per heavy atom. The van der Waals surface area contributed by atoms with Crippen LogP contribution in [0.5, 0.6) is 0 Å². The molecule has 1 aromatic heterocycles. The zero-order valence-corrected chi connectivity index (χ0v) is 21.5.